The summed E-state index contributed by atoms with van der Waals surface area (Å²) in [6.07, 6.45) is 72.5. The number of esters is 3. The normalized spacial score (nSPS) is 12.8. The second-order valence-electron chi connectivity index (χ2n) is 18.1. The molecule has 0 rings (SSSR count). The molecule has 0 aliphatic heterocycles. The van der Waals surface area contributed by atoms with Crippen LogP contribution in [-0.4, -0.2) is 37.2 Å². The number of hydrogen-bond donors (Lipinski definition) is 0. The summed E-state index contributed by atoms with van der Waals surface area (Å²) in [7, 11) is 0. The third kappa shape index (κ3) is 53.2. The van der Waals surface area contributed by atoms with Crippen LogP contribution in [0, 0.1) is 0 Å². The van der Waals surface area contributed by atoms with Gasteiger partial charge >= 0.3 is 17.9 Å². The molecule has 6 nitrogen and oxygen atoms in total. The molecule has 0 aliphatic carbocycles. The van der Waals surface area contributed by atoms with Crippen molar-refractivity contribution in [2.75, 3.05) is 13.2 Å². The van der Waals surface area contributed by atoms with E-state index in [0.717, 1.165) is 89.9 Å². The lowest BCUT2D eigenvalue weighted by Gasteiger charge is -2.18. The minimum absolute atomic E-state index is 0.107. The van der Waals surface area contributed by atoms with Crippen LogP contribution in [-0.2, 0) is 28.6 Å². The summed E-state index contributed by atoms with van der Waals surface area (Å²) in [4.78, 5) is 38.1. The molecule has 382 valence electrons. The van der Waals surface area contributed by atoms with Crippen molar-refractivity contribution in [3.05, 3.63) is 97.2 Å². The van der Waals surface area contributed by atoms with Gasteiger partial charge in [0, 0.05) is 19.3 Å². The summed E-state index contributed by atoms with van der Waals surface area (Å²) in [5.41, 5.74) is 0. The van der Waals surface area contributed by atoms with Crippen molar-refractivity contribution in [3.8, 4) is 0 Å². The van der Waals surface area contributed by atoms with E-state index in [1.807, 2.05) is 0 Å². The molecule has 0 saturated heterocycles. The van der Waals surface area contributed by atoms with Gasteiger partial charge in [0.25, 0.3) is 0 Å². The Kier molecular flexibility index (Phi) is 51.9. The van der Waals surface area contributed by atoms with Crippen LogP contribution in [0.3, 0.4) is 0 Å². The Balaban J connectivity index is 4.53. The van der Waals surface area contributed by atoms with Crippen LogP contribution in [0.4, 0.5) is 0 Å². The van der Waals surface area contributed by atoms with Gasteiger partial charge in [-0.1, -0.05) is 208 Å². The molecule has 0 aromatic carbocycles. The Bertz CT molecular complexity index is 1350. The molecule has 0 fully saturated rings. The summed E-state index contributed by atoms with van der Waals surface area (Å²) in [6, 6.07) is 0. The van der Waals surface area contributed by atoms with E-state index in [1.165, 1.54) is 116 Å². The van der Waals surface area contributed by atoms with Crippen molar-refractivity contribution >= 4 is 17.9 Å². The highest BCUT2D eigenvalue weighted by molar-refractivity contribution is 5.71. The Morgan fingerprint density at radius 2 is 0.552 bits per heavy atom. The first-order valence-electron chi connectivity index (χ1n) is 27.7. The van der Waals surface area contributed by atoms with E-state index in [2.05, 4.69) is 118 Å². The smallest absolute Gasteiger partial charge is 0.306 e. The van der Waals surface area contributed by atoms with E-state index >= 15 is 0 Å². The van der Waals surface area contributed by atoms with Gasteiger partial charge in [-0.2, -0.15) is 0 Å². The number of carbonyl (C=O) groups excluding carboxylic acids is 3. The van der Waals surface area contributed by atoms with Gasteiger partial charge in [0.1, 0.15) is 13.2 Å². The number of carbonyl (C=O) groups is 3. The van der Waals surface area contributed by atoms with Crippen molar-refractivity contribution in [3.63, 3.8) is 0 Å². The fraction of sp³-hybridized carbons (Fsp3) is 0.689. The Morgan fingerprint density at radius 3 is 0.940 bits per heavy atom. The van der Waals surface area contributed by atoms with Gasteiger partial charge in [-0.25, -0.2) is 0 Å². The van der Waals surface area contributed by atoms with Crippen molar-refractivity contribution in [2.24, 2.45) is 0 Å². The van der Waals surface area contributed by atoms with Crippen LogP contribution in [0.2, 0.25) is 0 Å². The van der Waals surface area contributed by atoms with E-state index in [0.29, 0.717) is 12.8 Å². The molecule has 0 saturated carbocycles. The molecule has 0 bridgehead atoms. The van der Waals surface area contributed by atoms with Crippen LogP contribution in [0.25, 0.3) is 0 Å². The summed E-state index contributed by atoms with van der Waals surface area (Å²) in [5, 5.41) is 0. The van der Waals surface area contributed by atoms with E-state index in [-0.39, 0.29) is 44.0 Å². The lowest BCUT2D eigenvalue weighted by Crippen LogP contribution is -2.30. The molecule has 0 radical (unpaired) electrons. The fourth-order valence-electron chi connectivity index (χ4n) is 7.32. The van der Waals surface area contributed by atoms with Gasteiger partial charge in [-0.15, -0.1) is 0 Å². The van der Waals surface area contributed by atoms with Crippen LogP contribution >= 0.6 is 0 Å². The second-order valence-corrected chi connectivity index (χ2v) is 18.1. The molecule has 0 aromatic rings. The third-order valence-corrected chi connectivity index (χ3v) is 11.5. The molecular formula is C61H102O6. The van der Waals surface area contributed by atoms with Crippen molar-refractivity contribution < 1.29 is 28.6 Å². The standard InChI is InChI=1S/C61H102O6/c1-4-7-10-13-16-19-22-25-28-30-33-36-39-42-45-48-51-54-60(63)66-57-58(56-65-59(62)53-50-47-44-41-38-35-32-27-24-21-18-15-12-9-6-3)67-61(64)55-52-49-46-43-40-37-34-31-29-26-23-20-17-14-11-8-5-2/h16-17,19-21,24-26,28-29,33-34,36-37,42,45,58H,4-15,18,22-23,27,30-32,35,38-41,43-44,46-57H2,1-3H3/b19-16-,20-17-,24-21-,28-25-,29-26-,36-33-,37-34-,45-42-/t58-/m0/s1. The van der Waals surface area contributed by atoms with Crippen molar-refractivity contribution in [1.82, 2.24) is 0 Å². The third-order valence-electron chi connectivity index (χ3n) is 11.5. The molecule has 1 atom stereocenters. The average Bonchev–Trinajstić information content (AvgIpc) is 3.33. The Morgan fingerprint density at radius 1 is 0.299 bits per heavy atom. The molecule has 67 heavy (non-hydrogen) atoms. The lowest BCUT2D eigenvalue weighted by atomic mass is 10.1. The molecule has 0 N–H and O–H groups in total. The maximum Gasteiger partial charge on any atom is 0.306 e. The lowest BCUT2D eigenvalue weighted by molar-refractivity contribution is -0.167. The SMILES string of the molecule is CCCCC/C=C\C/C=C\C/C=C\C/C=C\CCCC(=O)OC[C@H](COC(=O)CCCCCCCCC/C=C\CCCCCC)OC(=O)CCCCCC/C=C\C/C=C\C/C=C\CCCCC. The van der Waals surface area contributed by atoms with Gasteiger partial charge in [0.15, 0.2) is 6.10 Å². The Hall–Kier alpha value is -3.67. The topological polar surface area (TPSA) is 78.9 Å². The first-order valence-corrected chi connectivity index (χ1v) is 27.7. The predicted octanol–water partition coefficient (Wildman–Crippen LogP) is 18.5. The van der Waals surface area contributed by atoms with Crippen LogP contribution < -0.4 is 0 Å². The minimum Gasteiger partial charge on any atom is -0.462 e. The molecule has 0 spiro atoms. The molecule has 0 aromatic heterocycles. The Labute approximate surface area is 413 Å². The molecule has 0 unspecified atom stereocenters. The zero-order valence-corrected chi connectivity index (χ0v) is 43.6. The minimum atomic E-state index is -0.814. The highest BCUT2D eigenvalue weighted by atomic mass is 16.6. The summed E-state index contributed by atoms with van der Waals surface area (Å²) in [5.74, 6) is -0.991. The number of hydrogen-bond acceptors (Lipinski definition) is 6. The van der Waals surface area contributed by atoms with E-state index in [9.17, 15) is 14.4 Å². The summed E-state index contributed by atoms with van der Waals surface area (Å²) in [6.45, 7) is 6.50. The number of allylic oxidation sites excluding steroid dienone is 16. The van der Waals surface area contributed by atoms with Gasteiger partial charge in [0.05, 0.1) is 0 Å². The van der Waals surface area contributed by atoms with Crippen molar-refractivity contribution in [1.29, 1.82) is 0 Å². The zero-order valence-electron chi connectivity index (χ0n) is 43.6. The monoisotopic (exact) mass is 931 g/mol. The molecule has 0 aliphatic rings. The zero-order chi connectivity index (χ0) is 48.6. The summed E-state index contributed by atoms with van der Waals surface area (Å²) < 4.78 is 16.8. The van der Waals surface area contributed by atoms with Gasteiger partial charge in [-0.05, 0) is 122 Å². The van der Waals surface area contributed by atoms with Gasteiger partial charge < -0.3 is 14.2 Å². The first-order chi connectivity index (χ1) is 33.0. The predicted molar refractivity (Wildman–Crippen MR) is 288 cm³/mol. The number of unbranched alkanes of at least 4 members (excludes halogenated alkanes) is 22. The average molecular weight is 931 g/mol. The maximum atomic E-state index is 12.8. The van der Waals surface area contributed by atoms with Crippen molar-refractivity contribution in [2.45, 2.75) is 258 Å². The fourth-order valence-corrected chi connectivity index (χ4v) is 7.32. The highest BCUT2D eigenvalue weighted by Crippen LogP contribution is 2.13. The van der Waals surface area contributed by atoms with E-state index in [4.69, 9.17) is 14.2 Å². The van der Waals surface area contributed by atoms with Crippen LogP contribution in [0.15, 0.2) is 97.2 Å². The number of ether oxygens (including phenoxy) is 3. The molecular weight excluding hydrogens is 829 g/mol. The highest BCUT2D eigenvalue weighted by Gasteiger charge is 2.19. The first kappa shape index (κ1) is 63.3. The largest absolute Gasteiger partial charge is 0.462 e. The van der Waals surface area contributed by atoms with Crippen LogP contribution in [0.5, 0.6) is 0 Å². The summed E-state index contributed by atoms with van der Waals surface area (Å²) >= 11 is 0. The maximum absolute atomic E-state index is 12.8. The molecule has 0 amide bonds. The van der Waals surface area contributed by atoms with E-state index in [1.54, 1.807) is 0 Å². The molecule has 0 heterocycles. The van der Waals surface area contributed by atoms with Crippen LogP contribution in [0.1, 0.15) is 252 Å². The van der Waals surface area contributed by atoms with Gasteiger partial charge in [-0.3, -0.25) is 14.4 Å². The van der Waals surface area contributed by atoms with Gasteiger partial charge in [0.2, 0.25) is 0 Å². The quantitative estimate of drug-likeness (QED) is 0.0262. The molecule has 6 heteroatoms. The van der Waals surface area contributed by atoms with E-state index < -0.39 is 6.10 Å². The number of rotatable bonds is 49. The second kappa shape index (κ2) is 54.9.